The van der Waals surface area contributed by atoms with Crippen molar-refractivity contribution in [3.63, 3.8) is 0 Å². The lowest BCUT2D eigenvalue weighted by atomic mass is 9.73. The molecular formula is C19H25F3. The number of alkyl halides is 3. The Morgan fingerprint density at radius 2 is 1.64 bits per heavy atom. The van der Waals surface area contributed by atoms with Gasteiger partial charge in [0.1, 0.15) is 0 Å². The zero-order valence-corrected chi connectivity index (χ0v) is 13.4. The maximum Gasteiger partial charge on any atom is 0.396 e. The Morgan fingerprint density at radius 1 is 1.09 bits per heavy atom. The normalized spacial score (nSPS) is 19.7. The molecule has 1 unspecified atom stereocenters. The molecule has 1 fully saturated rings. The van der Waals surface area contributed by atoms with Crippen molar-refractivity contribution in [1.82, 2.24) is 0 Å². The third-order valence-corrected chi connectivity index (χ3v) is 5.00. The topological polar surface area (TPSA) is 0 Å². The van der Waals surface area contributed by atoms with E-state index in [-0.39, 0.29) is 5.92 Å². The van der Waals surface area contributed by atoms with Crippen LogP contribution in [0.3, 0.4) is 0 Å². The van der Waals surface area contributed by atoms with Gasteiger partial charge in [-0.3, -0.25) is 0 Å². The van der Waals surface area contributed by atoms with E-state index < -0.39 is 18.0 Å². The molecule has 0 amide bonds. The Balaban J connectivity index is 2.24. The van der Waals surface area contributed by atoms with Crippen LogP contribution in [0.1, 0.15) is 56.1 Å². The highest BCUT2D eigenvalue weighted by molar-refractivity contribution is 5.28. The molecule has 1 saturated carbocycles. The number of halogens is 3. The van der Waals surface area contributed by atoms with Crippen LogP contribution in [0, 0.1) is 18.8 Å². The molecule has 1 aromatic carbocycles. The minimum Gasteiger partial charge on any atom is -0.170 e. The van der Waals surface area contributed by atoms with Crippen molar-refractivity contribution in [3.8, 4) is 0 Å². The first-order valence-corrected chi connectivity index (χ1v) is 8.12. The van der Waals surface area contributed by atoms with E-state index in [0.717, 1.165) is 36.8 Å². The maximum absolute atomic E-state index is 13.6. The molecule has 2 atom stereocenters. The van der Waals surface area contributed by atoms with Gasteiger partial charge in [0.25, 0.3) is 0 Å². The second kappa shape index (κ2) is 6.89. The Morgan fingerprint density at radius 3 is 2.14 bits per heavy atom. The molecule has 0 aromatic heterocycles. The summed E-state index contributed by atoms with van der Waals surface area (Å²) in [6.45, 7) is 7.63. The summed E-state index contributed by atoms with van der Waals surface area (Å²) in [7, 11) is 0. The van der Waals surface area contributed by atoms with Gasteiger partial charge in [-0.1, -0.05) is 68.2 Å². The van der Waals surface area contributed by atoms with E-state index in [1.807, 2.05) is 6.92 Å². The molecule has 0 bridgehead atoms. The molecule has 0 aliphatic heterocycles. The summed E-state index contributed by atoms with van der Waals surface area (Å²) in [5.74, 6) is -1.78. The summed E-state index contributed by atoms with van der Waals surface area (Å²) < 4.78 is 40.9. The number of hydrogen-bond donors (Lipinski definition) is 0. The maximum atomic E-state index is 13.6. The average Bonchev–Trinajstić information content (AvgIpc) is 2.48. The van der Waals surface area contributed by atoms with Crippen LogP contribution >= 0.6 is 0 Å². The highest BCUT2D eigenvalue weighted by atomic mass is 19.4. The molecule has 1 aliphatic rings. The lowest BCUT2D eigenvalue weighted by Gasteiger charge is -2.33. The van der Waals surface area contributed by atoms with E-state index >= 15 is 0 Å². The van der Waals surface area contributed by atoms with Crippen LogP contribution < -0.4 is 0 Å². The minimum atomic E-state index is -4.24. The van der Waals surface area contributed by atoms with Crippen molar-refractivity contribution < 1.29 is 13.2 Å². The van der Waals surface area contributed by atoms with Crippen LogP contribution in [0.4, 0.5) is 13.2 Å². The molecule has 0 radical (unpaired) electrons. The zero-order chi connectivity index (χ0) is 16.3. The van der Waals surface area contributed by atoms with Gasteiger partial charge >= 0.3 is 6.18 Å². The first-order chi connectivity index (χ1) is 10.3. The number of hydrogen-bond acceptors (Lipinski definition) is 0. The molecule has 0 N–H and O–H groups in total. The largest absolute Gasteiger partial charge is 0.396 e. The quantitative estimate of drug-likeness (QED) is 0.563. The van der Waals surface area contributed by atoms with Crippen molar-refractivity contribution in [2.45, 2.75) is 58.0 Å². The van der Waals surface area contributed by atoms with Gasteiger partial charge in [0.2, 0.25) is 0 Å². The SMILES string of the molecule is C=C(C1CCCCC1)C(C)[C@@H](c1ccc(C)cc1)C(F)(F)F. The molecule has 0 saturated heterocycles. The Labute approximate surface area is 131 Å². The van der Waals surface area contributed by atoms with Gasteiger partial charge in [0.05, 0.1) is 5.92 Å². The standard InChI is InChI=1S/C19H25F3/c1-13-9-11-17(12-10-13)18(19(20,21)22)15(3)14(2)16-7-5-4-6-8-16/h9-12,15-16,18H,2,4-8H2,1,3H3/t15?,18-/m0/s1. The predicted molar refractivity (Wildman–Crippen MR) is 84.9 cm³/mol. The molecule has 0 heterocycles. The molecule has 1 aliphatic carbocycles. The molecule has 0 spiro atoms. The van der Waals surface area contributed by atoms with E-state index in [1.165, 1.54) is 6.42 Å². The Hall–Kier alpha value is -1.25. The molecule has 0 nitrogen and oxygen atoms in total. The minimum absolute atomic E-state index is 0.249. The molecular weight excluding hydrogens is 285 g/mol. The molecule has 1 aromatic rings. The van der Waals surface area contributed by atoms with Crippen molar-refractivity contribution >= 4 is 0 Å². The zero-order valence-electron chi connectivity index (χ0n) is 13.4. The number of allylic oxidation sites excluding steroid dienone is 1. The number of benzene rings is 1. The van der Waals surface area contributed by atoms with Crippen LogP contribution in [-0.2, 0) is 0 Å². The fourth-order valence-electron chi connectivity index (χ4n) is 3.59. The summed E-state index contributed by atoms with van der Waals surface area (Å²) >= 11 is 0. The smallest absolute Gasteiger partial charge is 0.170 e. The fourth-order valence-corrected chi connectivity index (χ4v) is 3.59. The average molecular weight is 310 g/mol. The van der Waals surface area contributed by atoms with E-state index in [4.69, 9.17) is 0 Å². The van der Waals surface area contributed by atoms with E-state index in [9.17, 15) is 13.2 Å². The third kappa shape index (κ3) is 3.93. The molecule has 2 rings (SSSR count). The molecule has 3 heteroatoms. The van der Waals surface area contributed by atoms with Crippen molar-refractivity contribution in [1.29, 1.82) is 0 Å². The van der Waals surface area contributed by atoms with Crippen LogP contribution in [0.25, 0.3) is 0 Å². The van der Waals surface area contributed by atoms with Gasteiger partial charge in [-0.25, -0.2) is 0 Å². The summed E-state index contributed by atoms with van der Waals surface area (Å²) in [5, 5.41) is 0. The highest BCUT2D eigenvalue weighted by Crippen LogP contribution is 2.46. The Kier molecular flexibility index (Phi) is 5.36. The molecule has 122 valence electrons. The number of rotatable bonds is 4. The summed E-state index contributed by atoms with van der Waals surface area (Å²) in [4.78, 5) is 0. The monoisotopic (exact) mass is 310 g/mol. The van der Waals surface area contributed by atoms with Gasteiger partial charge in [0.15, 0.2) is 0 Å². The summed E-state index contributed by atoms with van der Waals surface area (Å²) in [6, 6.07) is 6.73. The summed E-state index contributed by atoms with van der Waals surface area (Å²) in [5.41, 5.74) is 2.11. The highest BCUT2D eigenvalue weighted by Gasteiger charge is 2.45. The van der Waals surface area contributed by atoms with Gasteiger partial charge in [-0.2, -0.15) is 13.2 Å². The lowest BCUT2D eigenvalue weighted by Crippen LogP contribution is -2.30. The van der Waals surface area contributed by atoms with Crippen LogP contribution in [-0.4, -0.2) is 6.18 Å². The fraction of sp³-hybridized carbons (Fsp3) is 0.579. The second-order valence-corrected chi connectivity index (χ2v) is 6.63. The Bertz CT molecular complexity index is 492. The van der Waals surface area contributed by atoms with Gasteiger partial charge in [-0.05, 0) is 37.2 Å². The van der Waals surface area contributed by atoms with Crippen LogP contribution in [0.15, 0.2) is 36.4 Å². The van der Waals surface area contributed by atoms with Gasteiger partial charge < -0.3 is 0 Å². The first-order valence-electron chi connectivity index (χ1n) is 8.12. The van der Waals surface area contributed by atoms with E-state index in [1.54, 1.807) is 31.2 Å². The first kappa shape index (κ1) is 17.1. The van der Waals surface area contributed by atoms with E-state index in [2.05, 4.69) is 6.58 Å². The van der Waals surface area contributed by atoms with Gasteiger partial charge in [0, 0.05) is 0 Å². The lowest BCUT2D eigenvalue weighted by molar-refractivity contribution is -0.158. The van der Waals surface area contributed by atoms with Crippen molar-refractivity contribution in [3.05, 3.63) is 47.5 Å². The van der Waals surface area contributed by atoms with Crippen LogP contribution in [0.5, 0.6) is 0 Å². The van der Waals surface area contributed by atoms with Crippen molar-refractivity contribution in [2.75, 3.05) is 0 Å². The van der Waals surface area contributed by atoms with Crippen molar-refractivity contribution in [2.24, 2.45) is 11.8 Å². The van der Waals surface area contributed by atoms with E-state index in [0.29, 0.717) is 5.56 Å². The summed E-state index contributed by atoms with van der Waals surface area (Å²) in [6.07, 6.45) is 1.14. The number of aryl methyl sites for hydroxylation is 1. The predicted octanol–water partition coefficient (Wildman–Crippen LogP) is 6.41. The molecule has 22 heavy (non-hydrogen) atoms. The third-order valence-electron chi connectivity index (χ3n) is 5.00. The second-order valence-electron chi connectivity index (χ2n) is 6.63. The van der Waals surface area contributed by atoms with Crippen LogP contribution in [0.2, 0.25) is 0 Å². The van der Waals surface area contributed by atoms with Gasteiger partial charge in [-0.15, -0.1) is 0 Å².